The van der Waals surface area contributed by atoms with Crippen LogP contribution in [0.5, 0.6) is 5.75 Å². The third kappa shape index (κ3) is 2.01. The molecule has 4 heteroatoms. The molecule has 0 fully saturated rings. The van der Waals surface area contributed by atoms with Crippen LogP contribution in [0.4, 0.5) is 0 Å². The minimum Gasteiger partial charge on any atom is -0.496 e. The second-order valence-corrected chi connectivity index (χ2v) is 3.57. The van der Waals surface area contributed by atoms with E-state index < -0.39 is 0 Å². The van der Waals surface area contributed by atoms with Gasteiger partial charge in [-0.2, -0.15) is 0 Å². The highest BCUT2D eigenvalue weighted by Crippen LogP contribution is 2.32. The van der Waals surface area contributed by atoms with Crippen molar-refractivity contribution in [2.45, 2.75) is 6.92 Å². The van der Waals surface area contributed by atoms with Gasteiger partial charge in [-0.15, -0.1) is 0 Å². The Morgan fingerprint density at radius 1 is 1.29 bits per heavy atom. The van der Waals surface area contributed by atoms with Gasteiger partial charge in [0.2, 0.25) is 0 Å². The minimum atomic E-state index is 0.631. The van der Waals surface area contributed by atoms with Crippen molar-refractivity contribution in [1.29, 1.82) is 0 Å². The lowest BCUT2D eigenvalue weighted by atomic mass is 10.00. The van der Waals surface area contributed by atoms with E-state index in [4.69, 9.17) is 4.74 Å². The summed E-state index contributed by atoms with van der Waals surface area (Å²) < 4.78 is 5.30. The maximum atomic E-state index is 10.9. The summed E-state index contributed by atoms with van der Waals surface area (Å²) in [5.74, 6) is 0.689. The quantitative estimate of drug-likeness (QED) is 0.756. The van der Waals surface area contributed by atoms with Gasteiger partial charge in [0.05, 0.1) is 19.0 Å². The van der Waals surface area contributed by atoms with E-state index in [1.54, 1.807) is 37.8 Å². The van der Waals surface area contributed by atoms with Crippen LogP contribution in [0, 0.1) is 6.92 Å². The van der Waals surface area contributed by atoms with Gasteiger partial charge in [0.15, 0.2) is 0 Å². The standard InChI is InChI=1S/C13H12N2O2/c1-9-10(8-16)3-4-12(17-2)13(9)11-7-14-5-6-15-11/h3-8H,1-2H3. The molecule has 4 nitrogen and oxygen atoms in total. The molecule has 0 aliphatic heterocycles. The van der Waals surface area contributed by atoms with Crippen molar-refractivity contribution in [3.8, 4) is 17.0 Å². The normalized spacial score (nSPS) is 10.0. The topological polar surface area (TPSA) is 52.1 Å². The number of rotatable bonds is 3. The summed E-state index contributed by atoms with van der Waals surface area (Å²) >= 11 is 0. The fourth-order valence-corrected chi connectivity index (χ4v) is 1.75. The Labute approximate surface area is 99.3 Å². The highest BCUT2D eigenvalue weighted by molar-refractivity contribution is 5.84. The molecule has 1 aromatic heterocycles. The molecule has 0 spiro atoms. The molecule has 0 aliphatic carbocycles. The van der Waals surface area contributed by atoms with Crippen LogP contribution in [-0.2, 0) is 0 Å². The smallest absolute Gasteiger partial charge is 0.150 e. The van der Waals surface area contributed by atoms with Crippen LogP contribution in [0.15, 0.2) is 30.7 Å². The predicted octanol–water partition coefficient (Wildman–Crippen LogP) is 2.27. The average molecular weight is 228 g/mol. The van der Waals surface area contributed by atoms with Crippen LogP contribution in [0.1, 0.15) is 15.9 Å². The number of hydrogen-bond acceptors (Lipinski definition) is 4. The van der Waals surface area contributed by atoms with Crippen LogP contribution in [0.25, 0.3) is 11.3 Å². The van der Waals surface area contributed by atoms with E-state index in [1.807, 2.05) is 6.92 Å². The zero-order valence-electron chi connectivity index (χ0n) is 9.68. The Hall–Kier alpha value is -2.23. The van der Waals surface area contributed by atoms with E-state index in [2.05, 4.69) is 9.97 Å². The van der Waals surface area contributed by atoms with Crippen LogP contribution < -0.4 is 4.74 Å². The molecule has 0 atom stereocenters. The Bertz CT molecular complexity index is 539. The number of methoxy groups -OCH3 is 1. The van der Waals surface area contributed by atoms with E-state index in [1.165, 1.54) is 0 Å². The largest absolute Gasteiger partial charge is 0.496 e. The molecule has 2 aromatic rings. The number of benzene rings is 1. The molecule has 0 saturated carbocycles. The third-order valence-corrected chi connectivity index (χ3v) is 2.63. The van der Waals surface area contributed by atoms with Crippen molar-refractivity contribution in [1.82, 2.24) is 9.97 Å². The maximum Gasteiger partial charge on any atom is 0.150 e. The van der Waals surface area contributed by atoms with Crippen LogP contribution >= 0.6 is 0 Å². The first-order valence-electron chi connectivity index (χ1n) is 5.17. The lowest BCUT2D eigenvalue weighted by molar-refractivity contribution is 0.112. The zero-order chi connectivity index (χ0) is 12.3. The lowest BCUT2D eigenvalue weighted by Crippen LogP contribution is -1.97. The molecule has 1 aromatic carbocycles. The second-order valence-electron chi connectivity index (χ2n) is 3.57. The Kier molecular flexibility index (Phi) is 3.14. The number of carbonyl (C=O) groups excluding carboxylic acids is 1. The van der Waals surface area contributed by atoms with Crippen molar-refractivity contribution in [3.05, 3.63) is 41.9 Å². The Morgan fingerprint density at radius 3 is 2.71 bits per heavy atom. The summed E-state index contributed by atoms with van der Waals surface area (Å²) in [6, 6.07) is 3.50. The van der Waals surface area contributed by atoms with Gasteiger partial charge in [0, 0.05) is 23.5 Å². The number of hydrogen-bond donors (Lipinski definition) is 0. The molecular formula is C13H12N2O2. The molecule has 0 saturated heterocycles. The molecule has 0 bridgehead atoms. The Balaban J connectivity index is 2.70. The highest BCUT2D eigenvalue weighted by Gasteiger charge is 2.13. The van der Waals surface area contributed by atoms with Crippen LogP contribution in [-0.4, -0.2) is 23.4 Å². The molecule has 0 radical (unpaired) electrons. The molecule has 17 heavy (non-hydrogen) atoms. The van der Waals surface area contributed by atoms with Crippen molar-refractivity contribution in [3.63, 3.8) is 0 Å². The van der Waals surface area contributed by atoms with Gasteiger partial charge >= 0.3 is 0 Å². The van der Waals surface area contributed by atoms with E-state index >= 15 is 0 Å². The summed E-state index contributed by atoms with van der Waals surface area (Å²) in [7, 11) is 1.59. The summed E-state index contributed by atoms with van der Waals surface area (Å²) in [6.45, 7) is 1.87. The van der Waals surface area contributed by atoms with Gasteiger partial charge in [0.1, 0.15) is 12.0 Å². The first kappa shape index (κ1) is 11.3. The van der Waals surface area contributed by atoms with E-state index in [9.17, 15) is 4.79 Å². The SMILES string of the molecule is COc1ccc(C=O)c(C)c1-c1cnccn1. The lowest BCUT2D eigenvalue weighted by Gasteiger charge is -2.12. The maximum absolute atomic E-state index is 10.9. The third-order valence-electron chi connectivity index (χ3n) is 2.63. The predicted molar refractivity (Wildman–Crippen MR) is 64.1 cm³/mol. The molecule has 2 rings (SSSR count). The number of aldehydes is 1. The first-order valence-corrected chi connectivity index (χ1v) is 5.17. The monoisotopic (exact) mass is 228 g/mol. The summed E-state index contributed by atoms with van der Waals surface area (Å²) in [6.07, 6.45) is 5.70. The van der Waals surface area contributed by atoms with E-state index in [0.717, 1.165) is 17.4 Å². The summed E-state index contributed by atoms with van der Waals surface area (Å²) in [5.41, 5.74) is 2.99. The second kappa shape index (κ2) is 4.74. The zero-order valence-corrected chi connectivity index (χ0v) is 9.68. The summed E-state index contributed by atoms with van der Waals surface area (Å²) in [4.78, 5) is 19.2. The van der Waals surface area contributed by atoms with Gasteiger partial charge in [0.25, 0.3) is 0 Å². The number of carbonyl (C=O) groups is 1. The molecule has 0 unspecified atom stereocenters. The van der Waals surface area contributed by atoms with Crippen molar-refractivity contribution in [2.24, 2.45) is 0 Å². The molecule has 0 aliphatic rings. The number of nitrogens with zero attached hydrogens (tertiary/aromatic N) is 2. The molecule has 1 heterocycles. The van der Waals surface area contributed by atoms with Gasteiger partial charge in [-0.25, -0.2) is 0 Å². The van der Waals surface area contributed by atoms with Gasteiger partial charge in [-0.3, -0.25) is 14.8 Å². The fourth-order valence-electron chi connectivity index (χ4n) is 1.75. The van der Waals surface area contributed by atoms with Crippen molar-refractivity contribution < 1.29 is 9.53 Å². The molecule has 0 amide bonds. The van der Waals surface area contributed by atoms with Crippen molar-refractivity contribution in [2.75, 3.05) is 7.11 Å². The average Bonchev–Trinajstić information content (AvgIpc) is 2.39. The van der Waals surface area contributed by atoms with Crippen LogP contribution in [0.3, 0.4) is 0 Å². The number of aromatic nitrogens is 2. The van der Waals surface area contributed by atoms with E-state index in [0.29, 0.717) is 17.0 Å². The van der Waals surface area contributed by atoms with Gasteiger partial charge < -0.3 is 4.74 Å². The molecule has 0 N–H and O–H groups in total. The summed E-state index contributed by atoms with van der Waals surface area (Å²) in [5, 5.41) is 0. The van der Waals surface area contributed by atoms with Gasteiger partial charge in [-0.05, 0) is 24.6 Å². The molecule has 86 valence electrons. The number of ether oxygens (including phenoxy) is 1. The van der Waals surface area contributed by atoms with Crippen molar-refractivity contribution >= 4 is 6.29 Å². The minimum absolute atomic E-state index is 0.631. The molecular weight excluding hydrogens is 216 g/mol. The fraction of sp³-hybridized carbons (Fsp3) is 0.154. The highest BCUT2D eigenvalue weighted by atomic mass is 16.5. The van der Waals surface area contributed by atoms with Gasteiger partial charge in [-0.1, -0.05) is 0 Å². The van der Waals surface area contributed by atoms with Crippen LogP contribution in [0.2, 0.25) is 0 Å². The first-order chi connectivity index (χ1) is 8.27. The van der Waals surface area contributed by atoms with E-state index in [-0.39, 0.29) is 0 Å². The Morgan fingerprint density at radius 2 is 2.12 bits per heavy atom.